The highest BCUT2D eigenvalue weighted by Crippen LogP contribution is 2.16. The van der Waals surface area contributed by atoms with Gasteiger partial charge in [-0.2, -0.15) is 0 Å². The van der Waals surface area contributed by atoms with E-state index in [-0.39, 0.29) is 0 Å². The van der Waals surface area contributed by atoms with Gasteiger partial charge in [0, 0.05) is 5.69 Å². The lowest BCUT2D eigenvalue weighted by molar-refractivity contribution is -0.119. The smallest absolute Gasteiger partial charge is 0.341 e. The molecule has 0 spiro atoms. The monoisotopic (exact) mass is 380 g/mol. The van der Waals surface area contributed by atoms with Crippen molar-refractivity contribution in [3.63, 3.8) is 0 Å². The summed E-state index contributed by atoms with van der Waals surface area (Å²) in [6.45, 7) is 3.07. The lowest BCUT2D eigenvalue weighted by atomic mass is 10.1. The van der Waals surface area contributed by atoms with Crippen LogP contribution in [0.1, 0.15) is 21.5 Å². The van der Waals surface area contributed by atoms with E-state index in [1.165, 1.54) is 0 Å². The van der Waals surface area contributed by atoms with Gasteiger partial charge in [-0.15, -0.1) is 0 Å². The normalized spacial score (nSPS) is 11.1. The molecule has 138 valence electrons. The number of benzene rings is 2. The van der Waals surface area contributed by atoms with Crippen molar-refractivity contribution in [2.24, 2.45) is 5.14 Å². The third kappa shape index (κ3) is 5.11. The summed E-state index contributed by atoms with van der Waals surface area (Å²) in [6, 6.07) is 7.87. The molecule has 1 amide bonds. The molecule has 0 fully saturated rings. The molecule has 26 heavy (non-hydrogen) atoms. The predicted molar refractivity (Wildman–Crippen MR) is 92.6 cm³/mol. The number of carbonyl (C=O) groups is 2. The number of primary sulfonamides is 1. The van der Waals surface area contributed by atoms with Crippen LogP contribution in [0.4, 0.5) is 10.1 Å². The van der Waals surface area contributed by atoms with Crippen LogP contribution in [0.25, 0.3) is 0 Å². The van der Waals surface area contributed by atoms with Gasteiger partial charge in [0.15, 0.2) is 6.61 Å². The molecule has 0 radical (unpaired) electrons. The number of halogens is 1. The van der Waals surface area contributed by atoms with E-state index in [2.05, 4.69) is 5.32 Å². The van der Waals surface area contributed by atoms with Crippen LogP contribution in [0.2, 0.25) is 0 Å². The Bertz CT molecular complexity index is 953. The van der Waals surface area contributed by atoms with Crippen molar-refractivity contribution in [3.05, 3.63) is 58.9 Å². The maximum absolute atomic E-state index is 13.7. The molecule has 0 aliphatic carbocycles. The van der Waals surface area contributed by atoms with Crippen molar-refractivity contribution in [2.45, 2.75) is 18.7 Å². The van der Waals surface area contributed by atoms with E-state index < -0.39 is 44.8 Å². The minimum absolute atomic E-state index is 0.439. The van der Waals surface area contributed by atoms with Crippen molar-refractivity contribution in [1.29, 1.82) is 0 Å². The zero-order valence-corrected chi connectivity index (χ0v) is 14.9. The zero-order valence-electron chi connectivity index (χ0n) is 14.1. The van der Waals surface area contributed by atoms with Gasteiger partial charge >= 0.3 is 5.97 Å². The molecule has 3 N–H and O–H groups in total. The third-order valence-corrected chi connectivity index (χ3v) is 4.24. The van der Waals surface area contributed by atoms with E-state index in [1.54, 1.807) is 12.1 Å². The van der Waals surface area contributed by atoms with Gasteiger partial charge in [-0.3, -0.25) is 4.79 Å². The second-order valence-corrected chi connectivity index (χ2v) is 7.25. The van der Waals surface area contributed by atoms with Gasteiger partial charge in [0.1, 0.15) is 5.82 Å². The van der Waals surface area contributed by atoms with Gasteiger partial charge < -0.3 is 10.1 Å². The van der Waals surface area contributed by atoms with Crippen LogP contribution in [0, 0.1) is 19.7 Å². The summed E-state index contributed by atoms with van der Waals surface area (Å²) in [5.41, 5.74) is 1.79. The molecule has 0 unspecified atom stereocenters. The third-order valence-electron chi connectivity index (χ3n) is 3.33. The largest absolute Gasteiger partial charge is 0.452 e. The predicted octanol–water partition coefficient (Wildman–Crippen LogP) is 1.89. The summed E-state index contributed by atoms with van der Waals surface area (Å²) in [6.07, 6.45) is 0. The first-order chi connectivity index (χ1) is 12.1. The fourth-order valence-electron chi connectivity index (χ4n) is 2.29. The molecule has 0 saturated heterocycles. The van der Waals surface area contributed by atoms with E-state index in [9.17, 15) is 22.4 Å². The second-order valence-electron chi connectivity index (χ2n) is 5.69. The molecule has 7 nitrogen and oxygen atoms in total. The average Bonchev–Trinajstić information content (AvgIpc) is 2.51. The number of ether oxygens (including phenoxy) is 1. The molecule has 2 aromatic rings. The molecule has 0 aliphatic rings. The van der Waals surface area contributed by atoms with E-state index in [0.717, 1.165) is 29.3 Å². The molecule has 0 saturated carbocycles. The van der Waals surface area contributed by atoms with Gasteiger partial charge in [-0.25, -0.2) is 22.7 Å². The van der Waals surface area contributed by atoms with Gasteiger partial charge in [0.05, 0.1) is 10.5 Å². The van der Waals surface area contributed by atoms with Crippen LogP contribution in [-0.4, -0.2) is 26.9 Å². The Labute approximate surface area is 150 Å². The molecule has 0 bridgehead atoms. The Morgan fingerprint density at radius 2 is 1.73 bits per heavy atom. The Kier molecular flexibility index (Phi) is 5.73. The molecule has 0 aromatic heterocycles. The fourth-order valence-corrected chi connectivity index (χ4v) is 2.83. The summed E-state index contributed by atoms with van der Waals surface area (Å²) in [5, 5.41) is 7.50. The number of sulfonamides is 1. The van der Waals surface area contributed by atoms with Crippen LogP contribution in [0.3, 0.4) is 0 Å². The fraction of sp³-hybridized carbons (Fsp3) is 0.176. The number of aryl methyl sites for hydroxylation is 2. The summed E-state index contributed by atoms with van der Waals surface area (Å²) in [4.78, 5) is 23.4. The molecule has 2 aromatic carbocycles. The molecular formula is C17H17FN2O5S. The number of rotatable bonds is 5. The Morgan fingerprint density at radius 1 is 1.12 bits per heavy atom. The first kappa shape index (κ1) is 19.5. The van der Waals surface area contributed by atoms with Gasteiger partial charge in [-0.1, -0.05) is 6.07 Å². The number of carbonyl (C=O) groups excluding carboxylic acids is 2. The van der Waals surface area contributed by atoms with Crippen molar-refractivity contribution < 1.29 is 27.1 Å². The minimum Gasteiger partial charge on any atom is -0.452 e. The van der Waals surface area contributed by atoms with Crippen LogP contribution in [-0.2, 0) is 19.6 Å². The number of nitrogens with one attached hydrogen (secondary N) is 1. The molecular weight excluding hydrogens is 363 g/mol. The molecule has 2 rings (SSSR count). The van der Waals surface area contributed by atoms with Crippen molar-refractivity contribution in [2.75, 3.05) is 11.9 Å². The maximum Gasteiger partial charge on any atom is 0.341 e. The molecule has 0 heterocycles. The lowest BCUT2D eigenvalue weighted by Crippen LogP contribution is -2.22. The Morgan fingerprint density at radius 3 is 2.31 bits per heavy atom. The van der Waals surface area contributed by atoms with Crippen molar-refractivity contribution in [1.82, 2.24) is 0 Å². The van der Waals surface area contributed by atoms with Gasteiger partial charge in [0.2, 0.25) is 10.0 Å². The van der Waals surface area contributed by atoms with Crippen LogP contribution >= 0.6 is 0 Å². The van der Waals surface area contributed by atoms with E-state index >= 15 is 0 Å². The van der Waals surface area contributed by atoms with Crippen LogP contribution in [0.5, 0.6) is 0 Å². The molecule has 0 atom stereocenters. The average molecular weight is 380 g/mol. The number of hydrogen-bond donors (Lipinski definition) is 2. The molecule has 9 heteroatoms. The van der Waals surface area contributed by atoms with Gasteiger partial charge in [0.25, 0.3) is 5.91 Å². The van der Waals surface area contributed by atoms with E-state index in [1.807, 2.05) is 19.9 Å². The number of hydrogen-bond acceptors (Lipinski definition) is 5. The van der Waals surface area contributed by atoms with E-state index in [4.69, 9.17) is 9.88 Å². The zero-order chi connectivity index (χ0) is 19.5. The minimum atomic E-state index is -4.11. The van der Waals surface area contributed by atoms with Crippen LogP contribution < -0.4 is 10.5 Å². The highest BCUT2D eigenvalue weighted by atomic mass is 32.2. The maximum atomic E-state index is 13.7. The Hall–Kier alpha value is -2.78. The highest BCUT2D eigenvalue weighted by molar-refractivity contribution is 7.89. The highest BCUT2D eigenvalue weighted by Gasteiger charge is 2.19. The number of anilines is 1. The lowest BCUT2D eigenvalue weighted by Gasteiger charge is -2.09. The number of esters is 1. The number of amides is 1. The molecule has 0 aliphatic heterocycles. The second kappa shape index (κ2) is 7.63. The standard InChI is InChI=1S/C17H17FN2O5S/c1-10-5-11(2)7-12(6-10)20-16(21)9-25-17(22)14-8-13(26(19,23)24)3-4-15(14)18/h3-8H,9H2,1-2H3,(H,20,21)(H2,19,23,24). The Balaban J connectivity index is 2.05. The summed E-state index contributed by atoms with van der Waals surface area (Å²) < 4.78 is 41.0. The SMILES string of the molecule is Cc1cc(C)cc(NC(=O)COC(=O)c2cc(S(N)(=O)=O)ccc2F)c1. The quantitative estimate of drug-likeness (QED) is 0.769. The van der Waals surface area contributed by atoms with Crippen molar-refractivity contribution in [3.8, 4) is 0 Å². The van der Waals surface area contributed by atoms with Crippen molar-refractivity contribution >= 4 is 27.6 Å². The summed E-state index contributed by atoms with van der Waals surface area (Å²) in [5.74, 6) is -2.79. The topological polar surface area (TPSA) is 116 Å². The van der Waals surface area contributed by atoms with Gasteiger partial charge in [-0.05, 0) is 55.3 Å². The first-order valence-corrected chi connectivity index (χ1v) is 8.98. The summed E-state index contributed by atoms with van der Waals surface area (Å²) >= 11 is 0. The first-order valence-electron chi connectivity index (χ1n) is 7.44. The number of nitrogens with two attached hydrogens (primary N) is 1. The van der Waals surface area contributed by atoms with E-state index in [0.29, 0.717) is 5.69 Å². The summed E-state index contributed by atoms with van der Waals surface area (Å²) in [7, 11) is -4.11. The van der Waals surface area contributed by atoms with Crippen LogP contribution in [0.15, 0.2) is 41.3 Å².